The van der Waals surface area contributed by atoms with E-state index < -0.39 is 0 Å². The fourth-order valence-corrected chi connectivity index (χ4v) is 4.78. The van der Waals surface area contributed by atoms with Crippen LogP contribution in [0.15, 0.2) is 60.9 Å². The number of ether oxygens (including phenoxy) is 1. The molecule has 2 saturated carbocycles. The van der Waals surface area contributed by atoms with Crippen LogP contribution in [0.5, 0.6) is 0 Å². The third kappa shape index (κ3) is 4.67. The van der Waals surface area contributed by atoms with Gasteiger partial charge in [-0.3, -0.25) is 9.78 Å². The smallest absolute Gasteiger partial charge is 0.338 e. The van der Waals surface area contributed by atoms with Gasteiger partial charge in [0, 0.05) is 29.4 Å². The monoisotopic (exact) mass is 428 g/mol. The van der Waals surface area contributed by atoms with Crippen LogP contribution in [-0.4, -0.2) is 23.5 Å². The van der Waals surface area contributed by atoms with Gasteiger partial charge >= 0.3 is 5.97 Å². The summed E-state index contributed by atoms with van der Waals surface area (Å²) in [5, 5.41) is 5.13. The number of pyridine rings is 1. The molecule has 32 heavy (non-hydrogen) atoms. The Labute approximate surface area is 188 Å². The van der Waals surface area contributed by atoms with Crippen LogP contribution in [0.3, 0.4) is 0 Å². The van der Waals surface area contributed by atoms with E-state index in [1.165, 1.54) is 19.3 Å². The number of anilines is 1. The molecule has 5 nitrogen and oxygen atoms in total. The van der Waals surface area contributed by atoms with Crippen LogP contribution in [0.1, 0.15) is 60.4 Å². The Hall–Kier alpha value is -3.21. The lowest BCUT2D eigenvalue weighted by Crippen LogP contribution is -2.17. The number of benzene rings is 2. The summed E-state index contributed by atoms with van der Waals surface area (Å²) in [4.78, 5) is 29.4. The van der Waals surface area contributed by atoms with E-state index >= 15 is 0 Å². The van der Waals surface area contributed by atoms with Gasteiger partial charge in [-0.1, -0.05) is 37.5 Å². The molecule has 0 spiro atoms. The number of nitrogens with one attached hydrogen (secondary N) is 1. The maximum atomic E-state index is 12.8. The van der Waals surface area contributed by atoms with Crippen molar-refractivity contribution in [3.8, 4) is 0 Å². The summed E-state index contributed by atoms with van der Waals surface area (Å²) in [6.07, 6.45) is 10.4. The first kappa shape index (κ1) is 20.7. The third-order valence-electron chi connectivity index (χ3n) is 6.76. The number of aromatic nitrogens is 1. The van der Waals surface area contributed by atoms with E-state index in [1.807, 2.05) is 48.7 Å². The maximum absolute atomic E-state index is 12.8. The molecular formula is C27H28N2O3. The molecule has 0 radical (unpaired) electrons. The highest BCUT2D eigenvalue weighted by Crippen LogP contribution is 2.48. The lowest BCUT2D eigenvalue weighted by molar-refractivity contribution is -0.117. The first-order chi connectivity index (χ1) is 15.7. The van der Waals surface area contributed by atoms with Crippen LogP contribution in [0.2, 0.25) is 0 Å². The van der Waals surface area contributed by atoms with Gasteiger partial charge in [0.15, 0.2) is 0 Å². The van der Waals surface area contributed by atoms with Crippen LogP contribution in [-0.2, 0) is 9.53 Å². The highest BCUT2D eigenvalue weighted by atomic mass is 16.5. The van der Waals surface area contributed by atoms with E-state index in [2.05, 4.69) is 10.3 Å². The van der Waals surface area contributed by atoms with E-state index in [1.54, 1.807) is 12.3 Å². The van der Waals surface area contributed by atoms with Gasteiger partial charge in [0.25, 0.3) is 0 Å². The minimum Gasteiger partial charge on any atom is -0.462 e. The third-order valence-corrected chi connectivity index (χ3v) is 6.76. The fourth-order valence-electron chi connectivity index (χ4n) is 4.78. The Bertz CT molecular complexity index is 1140. The molecule has 1 N–H and O–H groups in total. The van der Waals surface area contributed by atoms with E-state index in [-0.39, 0.29) is 23.7 Å². The second kappa shape index (κ2) is 9.11. The number of carbonyl (C=O) groups excluding carboxylic acids is 2. The second-order valence-corrected chi connectivity index (χ2v) is 9.10. The molecule has 2 fully saturated rings. The lowest BCUT2D eigenvalue weighted by Gasteiger charge is -2.21. The molecular weight excluding hydrogens is 400 g/mol. The summed E-state index contributed by atoms with van der Waals surface area (Å²) < 4.78 is 5.59. The van der Waals surface area contributed by atoms with Gasteiger partial charge in [-0.2, -0.15) is 0 Å². The average molecular weight is 429 g/mol. The molecule has 5 rings (SSSR count). The van der Waals surface area contributed by atoms with Gasteiger partial charge in [-0.05, 0) is 72.4 Å². The number of nitrogens with zero attached hydrogens (tertiary/aromatic N) is 1. The Kier molecular flexibility index (Phi) is 5.89. The standard InChI is InChI=1S/C27H28N2O3/c30-26(29-23-10-9-22-16-28-12-11-19(22)14-23)25-15-24(25)20-7-4-8-21(13-20)27(31)32-17-18-5-2-1-3-6-18/h4,7-14,16,18,24-25H,1-3,5-6,15,17H2,(H,29,30). The number of hydrogen-bond acceptors (Lipinski definition) is 4. The van der Waals surface area contributed by atoms with E-state index in [0.717, 1.165) is 41.3 Å². The van der Waals surface area contributed by atoms with Gasteiger partial charge in [0.1, 0.15) is 0 Å². The Balaban J connectivity index is 1.18. The molecule has 164 valence electrons. The number of amides is 1. The lowest BCUT2D eigenvalue weighted by atomic mass is 9.90. The summed E-state index contributed by atoms with van der Waals surface area (Å²) in [7, 11) is 0. The summed E-state index contributed by atoms with van der Waals surface area (Å²) in [6, 6.07) is 15.3. The predicted molar refractivity (Wildman–Crippen MR) is 125 cm³/mol. The van der Waals surface area contributed by atoms with E-state index in [9.17, 15) is 9.59 Å². The number of fused-ring (bicyclic) bond motifs is 1. The molecule has 2 unspecified atom stereocenters. The van der Waals surface area contributed by atoms with E-state index in [4.69, 9.17) is 4.74 Å². The first-order valence-electron chi connectivity index (χ1n) is 11.6. The molecule has 0 aliphatic heterocycles. The van der Waals surface area contributed by atoms with Crippen molar-refractivity contribution in [3.05, 3.63) is 72.1 Å². The Morgan fingerprint density at radius 2 is 1.88 bits per heavy atom. The summed E-state index contributed by atoms with van der Waals surface area (Å²) >= 11 is 0. The quantitative estimate of drug-likeness (QED) is 0.510. The minimum absolute atomic E-state index is 0.0219. The molecule has 2 aromatic carbocycles. The van der Waals surface area contributed by atoms with Crippen LogP contribution in [0, 0.1) is 11.8 Å². The molecule has 1 heterocycles. The summed E-state index contributed by atoms with van der Waals surface area (Å²) in [6.45, 7) is 0.513. The largest absolute Gasteiger partial charge is 0.462 e. The average Bonchev–Trinajstić information content (AvgIpc) is 3.65. The van der Waals surface area contributed by atoms with Crippen LogP contribution >= 0.6 is 0 Å². The highest BCUT2D eigenvalue weighted by molar-refractivity contribution is 5.97. The van der Waals surface area contributed by atoms with Crippen LogP contribution in [0.25, 0.3) is 10.8 Å². The number of hydrogen-bond donors (Lipinski definition) is 1. The van der Waals surface area contributed by atoms with Gasteiger partial charge in [-0.25, -0.2) is 4.79 Å². The number of carbonyl (C=O) groups is 2. The topological polar surface area (TPSA) is 68.3 Å². The first-order valence-corrected chi connectivity index (χ1v) is 11.6. The zero-order chi connectivity index (χ0) is 21.9. The summed E-state index contributed by atoms with van der Waals surface area (Å²) in [5.41, 5.74) is 2.40. The van der Waals surface area contributed by atoms with Crippen molar-refractivity contribution in [2.75, 3.05) is 11.9 Å². The minimum atomic E-state index is -0.260. The SMILES string of the molecule is O=C(OCC1CCCCC1)c1cccc(C2CC2C(=O)Nc2ccc3cnccc3c2)c1. The Morgan fingerprint density at radius 1 is 1.00 bits per heavy atom. The van der Waals surface area contributed by atoms with Crippen molar-refractivity contribution in [1.29, 1.82) is 0 Å². The fraction of sp³-hybridized carbons (Fsp3) is 0.370. The molecule has 5 heteroatoms. The second-order valence-electron chi connectivity index (χ2n) is 9.10. The van der Waals surface area contributed by atoms with Crippen molar-refractivity contribution < 1.29 is 14.3 Å². The molecule has 0 saturated heterocycles. The Morgan fingerprint density at radius 3 is 2.75 bits per heavy atom. The molecule has 2 aliphatic rings. The molecule has 1 aromatic heterocycles. The highest BCUT2D eigenvalue weighted by Gasteiger charge is 2.44. The van der Waals surface area contributed by atoms with Gasteiger partial charge in [-0.15, -0.1) is 0 Å². The number of esters is 1. The molecule has 2 atom stereocenters. The van der Waals surface area contributed by atoms with E-state index in [0.29, 0.717) is 18.1 Å². The van der Waals surface area contributed by atoms with Crippen LogP contribution in [0.4, 0.5) is 5.69 Å². The van der Waals surface area contributed by atoms with Crippen molar-refractivity contribution in [3.63, 3.8) is 0 Å². The molecule has 3 aromatic rings. The predicted octanol–water partition coefficient (Wildman–Crippen LogP) is 5.71. The van der Waals surface area contributed by atoms with Gasteiger partial charge in [0.2, 0.25) is 5.91 Å². The molecule has 0 bridgehead atoms. The zero-order valence-corrected chi connectivity index (χ0v) is 18.1. The zero-order valence-electron chi connectivity index (χ0n) is 18.1. The van der Waals surface area contributed by atoms with Gasteiger partial charge < -0.3 is 10.1 Å². The molecule has 2 aliphatic carbocycles. The number of rotatable bonds is 6. The van der Waals surface area contributed by atoms with Crippen molar-refractivity contribution in [2.45, 2.75) is 44.4 Å². The molecule has 1 amide bonds. The van der Waals surface area contributed by atoms with Gasteiger partial charge in [0.05, 0.1) is 12.2 Å². The summed E-state index contributed by atoms with van der Waals surface area (Å²) in [5.74, 6) is 0.333. The maximum Gasteiger partial charge on any atom is 0.338 e. The van der Waals surface area contributed by atoms with Crippen molar-refractivity contribution in [2.24, 2.45) is 11.8 Å². The normalized spacial score (nSPS) is 20.6. The van der Waals surface area contributed by atoms with Crippen LogP contribution < -0.4 is 5.32 Å². The van der Waals surface area contributed by atoms with Crippen molar-refractivity contribution in [1.82, 2.24) is 4.98 Å². The van der Waals surface area contributed by atoms with Crippen molar-refractivity contribution >= 4 is 28.3 Å².